The van der Waals surface area contributed by atoms with Crippen LogP contribution in [0.25, 0.3) is 44.4 Å². The molecule has 0 aliphatic carbocycles. The number of ether oxygens (including phenoxy) is 3. The number of carbonyl (C=O) groups is 4. The van der Waals surface area contributed by atoms with E-state index in [1.54, 1.807) is 22.2 Å². The van der Waals surface area contributed by atoms with Gasteiger partial charge in [0.2, 0.25) is 5.91 Å². The number of alkyl carbamates (subject to hydrolysis) is 2. The highest BCUT2D eigenvalue weighted by Crippen LogP contribution is 2.35. The standard InChI is InChI=1S/C46H48N8O8/c1-27(55)39(51-45(58)60-2)43(56)54-20-21-62-26-38(54)42-48-25-36(50-42)34-18-17-32-22-31(15-16-33(32)23-34)28-11-13-29(14-12-28)35-24-47-41(49-35)37-10-7-19-53(37)44(57)40(52-46(59)61-3)30-8-5-4-6-9-30/h4-6,8-9,11-18,22-25,27,37-40,55H,7,10,19-21,26H2,1-3H3,(H,47,49)(H,48,50)(H,51,58)(H,52,59)/t27-,37+,38+,39+,40-/m1/s1. The highest BCUT2D eigenvalue weighted by molar-refractivity contribution is 5.91. The molecule has 5 atom stereocenters. The van der Waals surface area contributed by atoms with Crippen LogP contribution >= 0.6 is 0 Å². The van der Waals surface area contributed by atoms with E-state index in [1.807, 2.05) is 48.5 Å². The summed E-state index contributed by atoms with van der Waals surface area (Å²) in [6, 6.07) is 26.9. The molecule has 4 aromatic carbocycles. The Labute approximate surface area is 357 Å². The lowest BCUT2D eigenvalue weighted by Gasteiger charge is -2.37. The average Bonchev–Trinajstić information content (AvgIpc) is 4.12. The Hall–Kier alpha value is -7.04. The molecule has 4 amide bonds. The van der Waals surface area contributed by atoms with Crippen molar-refractivity contribution in [3.63, 3.8) is 0 Å². The molecule has 2 fully saturated rings. The van der Waals surface area contributed by atoms with E-state index in [2.05, 4.69) is 72.8 Å². The Balaban J connectivity index is 0.948. The summed E-state index contributed by atoms with van der Waals surface area (Å²) in [5.74, 6) is 0.533. The summed E-state index contributed by atoms with van der Waals surface area (Å²) in [5.41, 5.74) is 6.24. The quantitative estimate of drug-likeness (QED) is 0.102. The van der Waals surface area contributed by atoms with Crippen molar-refractivity contribution >= 4 is 34.8 Å². The van der Waals surface area contributed by atoms with Crippen molar-refractivity contribution in [1.82, 2.24) is 40.4 Å². The van der Waals surface area contributed by atoms with E-state index in [4.69, 9.17) is 14.5 Å². The number of hydrogen-bond donors (Lipinski definition) is 5. The number of morpholine rings is 1. The molecule has 2 aromatic heterocycles. The second kappa shape index (κ2) is 18.3. The topological polar surface area (TPSA) is 204 Å². The Morgan fingerprint density at radius 2 is 1.31 bits per heavy atom. The molecule has 16 heteroatoms. The van der Waals surface area contributed by atoms with Crippen LogP contribution in [0, 0.1) is 0 Å². The number of imidazole rings is 2. The number of carbonyl (C=O) groups excluding carboxylic acids is 4. The van der Waals surface area contributed by atoms with Crippen LogP contribution in [0.15, 0.2) is 103 Å². The van der Waals surface area contributed by atoms with Gasteiger partial charge in [-0.2, -0.15) is 0 Å². The maximum atomic E-state index is 13.9. The first-order chi connectivity index (χ1) is 30.1. The Kier molecular flexibility index (Phi) is 12.3. The maximum Gasteiger partial charge on any atom is 0.407 e. The number of hydrogen-bond acceptors (Lipinski definition) is 10. The van der Waals surface area contributed by atoms with Crippen LogP contribution in [0.2, 0.25) is 0 Å². The van der Waals surface area contributed by atoms with Gasteiger partial charge < -0.3 is 49.7 Å². The number of nitrogens with one attached hydrogen (secondary N) is 4. The highest BCUT2D eigenvalue weighted by Gasteiger charge is 2.39. The fraction of sp³-hybridized carbons (Fsp3) is 0.304. The largest absolute Gasteiger partial charge is 0.453 e. The molecule has 2 aliphatic rings. The van der Waals surface area contributed by atoms with E-state index in [-0.39, 0.29) is 25.1 Å². The van der Waals surface area contributed by atoms with E-state index in [9.17, 15) is 24.3 Å². The van der Waals surface area contributed by atoms with Crippen LogP contribution in [0.4, 0.5) is 9.59 Å². The minimum Gasteiger partial charge on any atom is -0.453 e. The molecule has 8 rings (SSSR count). The van der Waals surface area contributed by atoms with E-state index in [0.717, 1.165) is 57.3 Å². The predicted octanol–water partition coefficient (Wildman–Crippen LogP) is 6.05. The molecular formula is C46H48N8O8. The van der Waals surface area contributed by atoms with Crippen LogP contribution in [0.5, 0.6) is 0 Å². The number of rotatable bonds is 11. The number of likely N-dealkylation sites (tertiary alicyclic amines) is 1. The van der Waals surface area contributed by atoms with E-state index >= 15 is 0 Å². The summed E-state index contributed by atoms with van der Waals surface area (Å²) in [4.78, 5) is 71.1. The predicted molar refractivity (Wildman–Crippen MR) is 229 cm³/mol. The summed E-state index contributed by atoms with van der Waals surface area (Å²) in [7, 11) is 2.47. The number of amides is 4. The van der Waals surface area contributed by atoms with Gasteiger partial charge in [0.15, 0.2) is 0 Å². The van der Waals surface area contributed by atoms with Gasteiger partial charge in [-0.3, -0.25) is 9.59 Å². The zero-order chi connectivity index (χ0) is 43.3. The van der Waals surface area contributed by atoms with Gasteiger partial charge in [-0.1, -0.05) is 78.9 Å². The molecule has 0 spiro atoms. The Morgan fingerprint density at radius 3 is 1.98 bits per heavy atom. The first-order valence-corrected chi connectivity index (χ1v) is 20.5. The number of aliphatic hydroxyl groups is 1. The smallest absolute Gasteiger partial charge is 0.407 e. The molecule has 16 nitrogen and oxygen atoms in total. The number of methoxy groups -OCH3 is 2. The van der Waals surface area contributed by atoms with E-state index in [1.165, 1.54) is 21.1 Å². The van der Waals surface area contributed by atoms with Crippen LogP contribution in [0.1, 0.15) is 55.1 Å². The monoisotopic (exact) mass is 840 g/mol. The zero-order valence-electron chi connectivity index (χ0n) is 34.5. The van der Waals surface area contributed by atoms with Crippen molar-refractivity contribution < 1.29 is 38.5 Å². The summed E-state index contributed by atoms with van der Waals surface area (Å²) >= 11 is 0. The summed E-state index contributed by atoms with van der Waals surface area (Å²) < 4.78 is 15.2. The molecule has 5 N–H and O–H groups in total. The fourth-order valence-electron chi connectivity index (χ4n) is 8.18. The van der Waals surface area contributed by atoms with Gasteiger partial charge in [0.1, 0.15) is 29.8 Å². The van der Waals surface area contributed by atoms with Gasteiger partial charge in [-0.05, 0) is 64.9 Å². The van der Waals surface area contributed by atoms with Gasteiger partial charge in [-0.25, -0.2) is 19.6 Å². The molecule has 2 aliphatic heterocycles. The minimum atomic E-state index is -1.20. The number of aromatic nitrogens is 4. The lowest BCUT2D eigenvalue weighted by atomic mass is 9.98. The summed E-state index contributed by atoms with van der Waals surface area (Å²) in [6.45, 7) is 2.75. The second-order valence-corrected chi connectivity index (χ2v) is 15.4. The third-order valence-electron chi connectivity index (χ3n) is 11.5. The Bertz CT molecular complexity index is 2560. The van der Waals surface area contributed by atoms with Gasteiger partial charge in [-0.15, -0.1) is 0 Å². The SMILES string of the molecule is COC(=O)N[C@H](C(=O)N1CCOC[C@H]1c1ncc(-c2ccc3cc(-c4ccc(-c5cnc([C@@H]6CCCN6C(=O)[C@H](NC(=O)OC)c6ccccc6)[nH]5)cc4)ccc3c2)[nH]1)[C@@H](C)O. The first kappa shape index (κ1) is 41.7. The molecule has 4 heterocycles. The number of aliphatic hydroxyl groups excluding tert-OH is 1. The maximum absolute atomic E-state index is 13.9. The fourth-order valence-corrected chi connectivity index (χ4v) is 8.18. The molecule has 2 saturated heterocycles. The minimum absolute atomic E-state index is 0.199. The normalized spacial score (nSPS) is 17.9. The molecule has 0 radical (unpaired) electrons. The summed E-state index contributed by atoms with van der Waals surface area (Å²) in [6.07, 6.45) is 2.42. The molecule has 0 bridgehead atoms. The number of benzene rings is 4. The number of aromatic amines is 2. The molecule has 0 saturated carbocycles. The van der Waals surface area contributed by atoms with E-state index in [0.29, 0.717) is 30.4 Å². The lowest BCUT2D eigenvalue weighted by molar-refractivity contribution is -0.145. The van der Waals surface area contributed by atoms with Crippen molar-refractivity contribution in [3.8, 4) is 33.6 Å². The molecule has 62 heavy (non-hydrogen) atoms. The van der Waals surface area contributed by atoms with Crippen molar-refractivity contribution in [1.29, 1.82) is 0 Å². The van der Waals surface area contributed by atoms with Gasteiger partial charge in [0.05, 0.1) is 63.4 Å². The summed E-state index contributed by atoms with van der Waals surface area (Å²) in [5, 5.41) is 17.5. The first-order valence-electron chi connectivity index (χ1n) is 20.5. The lowest BCUT2D eigenvalue weighted by Crippen LogP contribution is -2.56. The van der Waals surface area contributed by atoms with Gasteiger partial charge in [0.25, 0.3) is 5.91 Å². The number of nitrogens with zero attached hydrogens (tertiary/aromatic N) is 4. The van der Waals surface area contributed by atoms with Crippen LogP contribution in [-0.2, 0) is 23.8 Å². The highest BCUT2D eigenvalue weighted by atomic mass is 16.5. The molecule has 0 unspecified atom stereocenters. The van der Waals surface area contributed by atoms with Gasteiger partial charge >= 0.3 is 12.2 Å². The average molecular weight is 841 g/mol. The molecule has 6 aromatic rings. The molecular weight excluding hydrogens is 793 g/mol. The Morgan fingerprint density at radius 1 is 0.726 bits per heavy atom. The van der Waals surface area contributed by atoms with Crippen LogP contribution in [0.3, 0.4) is 0 Å². The van der Waals surface area contributed by atoms with Crippen molar-refractivity contribution in [2.24, 2.45) is 0 Å². The van der Waals surface area contributed by atoms with Crippen LogP contribution < -0.4 is 10.6 Å². The number of fused-ring (bicyclic) bond motifs is 1. The van der Waals surface area contributed by atoms with Crippen molar-refractivity contribution in [3.05, 3.63) is 121 Å². The zero-order valence-corrected chi connectivity index (χ0v) is 34.5. The second-order valence-electron chi connectivity index (χ2n) is 15.4. The van der Waals surface area contributed by atoms with Gasteiger partial charge in [0, 0.05) is 18.7 Å². The van der Waals surface area contributed by atoms with E-state index < -0.39 is 42.3 Å². The van der Waals surface area contributed by atoms with Crippen LogP contribution in [-0.4, -0.2) is 112 Å². The third-order valence-corrected chi connectivity index (χ3v) is 11.5. The number of H-pyrrole nitrogens is 2. The van der Waals surface area contributed by atoms with Crippen molar-refractivity contribution in [2.45, 2.75) is 50.0 Å². The third kappa shape index (κ3) is 8.73. The van der Waals surface area contributed by atoms with Crippen molar-refractivity contribution in [2.75, 3.05) is 40.5 Å². The molecule has 320 valence electrons.